The molecule has 6 nitrogen and oxygen atoms in total. The number of carbonyl (C=O) groups is 1. The molecule has 0 aromatic carbocycles. The van der Waals surface area contributed by atoms with Crippen molar-refractivity contribution in [3.63, 3.8) is 0 Å². The third-order valence-corrected chi connectivity index (χ3v) is 2.87. The van der Waals surface area contributed by atoms with Crippen LogP contribution in [0.3, 0.4) is 0 Å². The van der Waals surface area contributed by atoms with Gasteiger partial charge in [0, 0.05) is 13.2 Å². The van der Waals surface area contributed by atoms with E-state index in [1.807, 2.05) is 6.92 Å². The highest BCUT2D eigenvalue weighted by Gasteiger charge is 2.24. The van der Waals surface area contributed by atoms with Crippen molar-refractivity contribution in [1.82, 2.24) is 15.0 Å². The maximum absolute atomic E-state index is 10.9. The van der Waals surface area contributed by atoms with Crippen LogP contribution in [0.2, 0.25) is 0 Å². The first-order valence-corrected chi connectivity index (χ1v) is 5.49. The van der Waals surface area contributed by atoms with Gasteiger partial charge in [0.05, 0.1) is 11.7 Å². The summed E-state index contributed by atoms with van der Waals surface area (Å²) in [5, 5.41) is 16.7. The Morgan fingerprint density at radius 2 is 2.25 bits per heavy atom. The van der Waals surface area contributed by atoms with Gasteiger partial charge in [-0.3, -0.25) is 0 Å². The van der Waals surface area contributed by atoms with Gasteiger partial charge < -0.3 is 9.84 Å². The maximum Gasteiger partial charge on any atom is 0.358 e. The van der Waals surface area contributed by atoms with E-state index in [0.29, 0.717) is 25.3 Å². The minimum Gasteiger partial charge on any atom is -0.476 e. The second-order valence-corrected chi connectivity index (χ2v) is 3.83. The zero-order chi connectivity index (χ0) is 11.5. The number of hydrogen-bond acceptors (Lipinski definition) is 4. The van der Waals surface area contributed by atoms with Crippen LogP contribution in [0.1, 0.15) is 42.0 Å². The van der Waals surface area contributed by atoms with Gasteiger partial charge in [0.2, 0.25) is 0 Å². The van der Waals surface area contributed by atoms with E-state index >= 15 is 0 Å². The first-order valence-electron chi connectivity index (χ1n) is 5.49. The van der Waals surface area contributed by atoms with Crippen LogP contribution in [0.15, 0.2) is 0 Å². The smallest absolute Gasteiger partial charge is 0.358 e. The van der Waals surface area contributed by atoms with Gasteiger partial charge in [0.15, 0.2) is 5.69 Å². The number of carboxylic acids is 1. The number of nitrogens with zero attached hydrogens (tertiary/aromatic N) is 3. The van der Waals surface area contributed by atoms with E-state index in [0.717, 1.165) is 12.8 Å². The molecule has 0 atom stereocenters. The molecule has 2 heterocycles. The number of hydrogen-bond donors (Lipinski definition) is 1. The normalized spacial score (nSPS) is 17.6. The molecule has 1 aromatic heterocycles. The van der Waals surface area contributed by atoms with Crippen LogP contribution in [-0.2, 0) is 11.2 Å². The lowest BCUT2D eigenvalue weighted by Gasteiger charge is -2.23. The Kier molecular flexibility index (Phi) is 3.19. The van der Waals surface area contributed by atoms with E-state index in [2.05, 4.69) is 10.3 Å². The first kappa shape index (κ1) is 11.1. The van der Waals surface area contributed by atoms with Crippen LogP contribution in [0.5, 0.6) is 0 Å². The van der Waals surface area contributed by atoms with Crippen molar-refractivity contribution in [3.05, 3.63) is 11.4 Å². The van der Waals surface area contributed by atoms with Crippen LogP contribution < -0.4 is 0 Å². The first-order chi connectivity index (χ1) is 7.74. The van der Waals surface area contributed by atoms with Crippen LogP contribution in [0.4, 0.5) is 0 Å². The zero-order valence-electron chi connectivity index (χ0n) is 9.22. The molecule has 0 amide bonds. The fourth-order valence-electron chi connectivity index (χ4n) is 2.03. The second-order valence-electron chi connectivity index (χ2n) is 3.83. The summed E-state index contributed by atoms with van der Waals surface area (Å²) in [6.07, 6.45) is 2.37. The molecule has 16 heavy (non-hydrogen) atoms. The molecule has 1 N–H and O–H groups in total. The Hall–Kier alpha value is -1.43. The summed E-state index contributed by atoms with van der Waals surface area (Å²) in [6.45, 7) is 3.33. The number of ether oxygens (including phenoxy) is 1. The predicted octanol–water partition coefficient (Wildman–Crippen LogP) is 0.890. The average molecular weight is 225 g/mol. The van der Waals surface area contributed by atoms with Gasteiger partial charge in [0.1, 0.15) is 0 Å². The van der Waals surface area contributed by atoms with E-state index in [-0.39, 0.29) is 11.7 Å². The summed E-state index contributed by atoms with van der Waals surface area (Å²) in [7, 11) is 0. The number of rotatable bonds is 3. The van der Waals surface area contributed by atoms with Gasteiger partial charge >= 0.3 is 5.97 Å². The SMILES string of the molecule is CCc1c(C(=O)O)nnn1C1CCOCC1. The molecule has 0 bridgehead atoms. The van der Waals surface area contributed by atoms with Crippen molar-refractivity contribution in [1.29, 1.82) is 0 Å². The molecule has 6 heteroatoms. The van der Waals surface area contributed by atoms with Crippen molar-refractivity contribution in [3.8, 4) is 0 Å². The summed E-state index contributed by atoms with van der Waals surface area (Å²) in [5.74, 6) is -1.00. The Balaban J connectivity index is 2.29. The Morgan fingerprint density at radius 1 is 1.56 bits per heavy atom. The molecule has 0 spiro atoms. The summed E-state index contributed by atoms with van der Waals surface area (Å²) in [4.78, 5) is 10.9. The zero-order valence-corrected chi connectivity index (χ0v) is 9.22. The average Bonchev–Trinajstić information content (AvgIpc) is 2.73. The molecular formula is C10H15N3O3. The van der Waals surface area contributed by atoms with Gasteiger partial charge in [0.25, 0.3) is 0 Å². The highest BCUT2D eigenvalue weighted by molar-refractivity contribution is 5.86. The topological polar surface area (TPSA) is 77.2 Å². The lowest BCUT2D eigenvalue weighted by molar-refractivity contribution is 0.0648. The van der Waals surface area contributed by atoms with Crippen LogP contribution >= 0.6 is 0 Å². The largest absolute Gasteiger partial charge is 0.476 e. The molecule has 0 unspecified atom stereocenters. The minimum atomic E-state index is -1.00. The van der Waals surface area contributed by atoms with Gasteiger partial charge in [-0.1, -0.05) is 12.1 Å². The van der Waals surface area contributed by atoms with Crippen molar-refractivity contribution in [2.24, 2.45) is 0 Å². The fraction of sp³-hybridized carbons (Fsp3) is 0.700. The van der Waals surface area contributed by atoms with Gasteiger partial charge in [-0.25, -0.2) is 9.48 Å². The van der Waals surface area contributed by atoms with Crippen LogP contribution in [0.25, 0.3) is 0 Å². The standard InChI is InChI=1S/C10H15N3O3/c1-2-8-9(10(14)15)11-12-13(8)7-3-5-16-6-4-7/h7H,2-6H2,1H3,(H,14,15). The molecule has 0 radical (unpaired) electrons. The highest BCUT2D eigenvalue weighted by Crippen LogP contribution is 2.22. The molecule has 88 valence electrons. The molecular weight excluding hydrogens is 210 g/mol. The second kappa shape index (κ2) is 4.61. The molecule has 0 saturated carbocycles. The number of aromatic carboxylic acids is 1. The molecule has 1 saturated heterocycles. The lowest BCUT2D eigenvalue weighted by Crippen LogP contribution is -2.22. The minimum absolute atomic E-state index is 0.0778. The quantitative estimate of drug-likeness (QED) is 0.826. The fourth-order valence-corrected chi connectivity index (χ4v) is 2.03. The van der Waals surface area contributed by atoms with E-state index in [4.69, 9.17) is 9.84 Å². The summed E-state index contributed by atoms with van der Waals surface area (Å²) >= 11 is 0. The number of aromatic nitrogens is 3. The van der Waals surface area contributed by atoms with Crippen LogP contribution in [-0.4, -0.2) is 39.3 Å². The maximum atomic E-state index is 10.9. The lowest BCUT2D eigenvalue weighted by atomic mass is 10.1. The van der Waals surface area contributed by atoms with Crippen molar-refractivity contribution < 1.29 is 14.6 Å². The molecule has 0 aliphatic carbocycles. The molecule has 1 aliphatic heterocycles. The Labute approximate surface area is 93.2 Å². The summed E-state index contributed by atoms with van der Waals surface area (Å²) in [6, 6.07) is 0.226. The van der Waals surface area contributed by atoms with Crippen molar-refractivity contribution >= 4 is 5.97 Å². The van der Waals surface area contributed by atoms with E-state index < -0.39 is 5.97 Å². The van der Waals surface area contributed by atoms with Crippen LogP contribution in [0, 0.1) is 0 Å². The van der Waals surface area contributed by atoms with Crippen molar-refractivity contribution in [2.75, 3.05) is 13.2 Å². The molecule has 1 aromatic rings. The van der Waals surface area contributed by atoms with Gasteiger partial charge in [-0.15, -0.1) is 5.10 Å². The molecule has 2 rings (SSSR count). The number of carboxylic acid groups (broad SMARTS) is 1. The third kappa shape index (κ3) is 1.92. The van der Waals surface area contributed by atoms with E-state index in [1.165, 1.54) is 0 Å². The summed E-state index contributed by atoms with van der Waals surface area (Å²) < 4.78 is 7.03. The van der Waals surface area contributed by atoms with Gasteiger partial charge in [-0.2, -0.15) is 0 Å². The molecule has 1 fully saturated rings. The summed E-state index contributed by atoms with van der Waals surface area (Å²) in [5.41, 5.74) is 0.786. The van der Waals surface area contributed by atoms with Gasteiger partial charge in [-0.05, 0) is 19.3 Å². The van der Waals surface area contributed by atoms with Crippen molar-refractivity contribution in [2.45, 2.75) is 32.2 Å². The highest BCUT2D eigenvalue weighted by atomic mass is 16.5. The third-order valence-electron chi connectivity index (χ3n) is 2.87. The Bertz CT molecular complexity index is 383. The van der Waals surface area contributed by atoms with E-state index in [9.17, 15) is 4.79 Å². The molecule has 1 aliphatic rings. The Morgan fingerprint density at radius 3 is 2.81 bits per heavy atom. The monoisotopic (exact) mass is 225 g/mol. The van der Waals surface area contributed by atoms with E-state index in [1.54, 1.807) is 4.68 Å². The predicted molar refractivity (Wildman–Crippen MR) is 55.4 cm³/mol.